The fraction of sp³-hybridized carbons (Fsp3) is 1.00. The number of hydrogen-bond acceptors (Lipinski definition) is 4. The van der Waals surface area contributed by atoms with Gasteiger partial charge in [0.15, 0.2) is 0 Å². The van der Waals surface area contributed by atoms with E-state index >= 15 is 0 Å². The lowest BCUT2D eigenvalue weighted by Gasteiger charge is -2.38. The molecule has 6 heteroatoms. The van der Waals surface area contributed by atoms with Gasteiger partial charge in [-0.2, -0.15) is 0 Å². The van der Waals surface area contributed by atoms with E-state index < -0.39 is 17.1 Å². The van der Waals surface area contributed by atoms with E-state index in [4.69, 9.17) is 17.7 Å². The van der Waals surface area contributed by atoms with Gasteiger partial charge in [0, 0.05) is 0 Å². The van der Waals surface area contributed by atoms with Crippen LogP contribution >= 0.6 is 0 Å². The van der Waals surface area contributed by atoms with E-state index in [-0.39, 0.29) is 12.6 Å². The van der Waals surface area contributed by atoms with Crippen molar-refractivity contribution in [1.82, 2.24) is 0 Å². The minimum Gasteiger partial charge on any atom is -0.369 e. The summed E-state index contributed by atoms with van der Waals surface area (Å²) < 4.78 is 22.9. The van der Waals surface area contributed by atoms with Gasteiger partial charge >= 0.3 is 17.1 Å². The summed E-state index contributed by atoms with van der Waals surface area (Å²) in [6.07, 6.45) is -0.461. The van der Waals surface area contributed by atoms with Crippen LogP contribution in [0.2, 0.25) is 26.2 Å². The molecule has 4 nitrogen and oxygen atoms in total. The quantitative estimate of drug-likeness (QED) is 0.604. The SMILES string of the molecule is CC1O[Si](C)(C)OC(C)O[Si](C)(C)O1. The van der Waals surface area contributed by atoms with Gasteiger partial charge in [-0.1, -0.05) is 0 Å². The Bertz CT molecular complexity index is 170. The first-order chi connectivity index (χ1) is 6.20. The fourth-order valence-electron chi connectivity index (χ4n) is 1.70. The highest BCUT2D eigenvalue weighted by atomic mass is 28.4. The molecule has 0 bridgehead atoms. The van der Waals surface area contributed by atoms with Crippen LogP contribution in [0.15, 0.2) is 0 Å². The van der Waals surface area contributed by atoms with E-state index in [1.54, 1.807) is 0 Å². The van der Waals surface area contributed by atoms with Gasteiger partial charge in [0.1, 0.15) is 12.6 Å². The highest BCUT2D eigenvalue weighted by Crippen LogP contribution is 2.23. The first kappa shape index (κ1) is 12.3. The lowest BCUT2D eigenvalue weighted by Crippen LogP contribution is -2.52. The maximum absolute atomic E-state index is 5.73. The van der Waals surface area contributed by atoms with E-state index in [2.05, 4.69) is 0 Å². The Hall–Kier alpha value is 0.274. The highest BCUT2D eigenvalue weighted by Gasteiger charge is 2.39. The van der Waals surface area contributed by atoms with Crippen molar-refractivity contribution in [3.8, 4) is 0 Å². The first-order valence-corrected chi connectivity index (χ1v) is 10.5. The third-order valence-corrected chi connectivity index (χ3v) is 5.40. The lowest BCUT2D eigenvalue weighted by atomic mass is 10.8. The first-order valence-electron chi connectivity index (χ1n) is 4.91. The number of rotatable bonds is 0. The Morgan fingerprint density at radius 1 is 0.643 bits per heavy atom. The van der Waals surface area contributed by atoms with E-state index in [0.717, 1.165) is 0 Å². The summed E-state index contributed by atoms with van der Waals surface area (Å²) in [6.45, 7) is 11.8. The predicted octanol–water partition coefficient (Wildman–Crippen LogP) is 2.16. The van der Waals surface area contributed by atoms with Crippen LogP contribution in [0.4, 0.5) is 0 Å². The Kier molecular flexibility index (Phi) is 3.55. The van der Waals surface area contributed by atoms with Crippen LogP contribution in [0, 0.1) is 0 Å². The second kappa shape index (κ2) is 4.03. The van der Waals surface area contributed by atoms with Gasteiger partial charge in [0.05, 0.1) is 0 Å². The van der Waals surface area contributed by atoms with Crippen molar-refractivity contribution < 1.29 is 17.7 Å². The van der Waals surface area contributed by atoms with Gasteiger partial charge in [0.25, 0.3) is 0 Å². The zero-order valence-electron chi connectivity index (χ0n) is 9.79. The third-order valence-electron chi connectivity index (χ3n) is 1.80. The molecule has 0 aliphatic carbocycles. The van der Waals surface area contributed by atoms with Gasteiger partial charge in [0.2, 0.25) is 0 Å². The van der Waals surface area contributed by atoms with E-state index in [1.165, 1.54) is 0 Å². The molecule has 1 fully saturated rings. The van der Waals surface area contributed by atoms with Crippen LogP contribution in [-0.2, 0) is 17.7 Å². The maximum Gasteiger partial charge on any atom is 0.335 e. The standard InChI is InChI=1S/C8H20O4Si2/c1-7-9-13(3,4)11-8(2)12-14(5,6)10-7/h7-8H,1-6H3. The molecule has 14 heavy (non-hydrogen) atoms. The van der Waals surface area contributed by atoms with E-state index in [9.17, 15) is 0 Å². The molecule has 0 N–H and O–H groups in total. The Morgan fingerprint density at radius 2 is 0.857 bits per heavy atom. The molecule has 1 rings (SSSR count). The molecule has 84 valence electrons. The molecule has 0 aromatic rings. The Morgan fingerprint density at radius 3 is 1.07 bits per heavy atom. The van der Waals surface area contributed by atoms with Crippen LogP contribution in [0.3, 0.4) is 0 Å². The van der Waals surface area contributed by atoms with Gasteiger partial charge in [-0.05, 0) is 40.0 Å². The summed E-state index contributed by atoms with van der Waals surface area (Å²) in [7, 11) is -4.18. The molecule has 1 aliphatic heterocycles. The Balaban J connectivity index is 2.71. The molecule has 0 amide bonds. The molecule has 0 aromatic carbocycles. The summed E-state index contributed by atoms with van der Waals surface area (Å²) in [4.78, 5) is 0. The zero-order chi connectivity index (χ0) is 11.0. The summed E-state index contributed by atoms with van der Waals surface area (Å²) in [5.74, 6) is 0. The van der Waals surface area contributed by atoms with Crippen molar-refractivity contribution >= 4 is 17.1 Å². The fourth-order valence-corrected chi connectivity index (χ4v) is 5.40. The van der Waals surface area contributed by atoms with Gasteiger partial charge in [-0.3, -0.25) is 0 Å². The van der Waals surface area contributed by atoms with E-state index in [0.29, 0.717) is 0 Å². The van der Waals surface area contributed by atoms with Crippen molar-refractivity contribution in [2.24, 2.45) is 0 Å². The molecule has 0 radical (unpaired) electrons. The van der Waals surface area contributed by atoms with Crippen molar-refractivity contribution in [1.29, 1.82) is 0 Å². The molecule has 0 atom stereocenters. The molecule has 1 saturated heterocycles. The van der Waals surface area contributed by atoms with Crippen molar-refractivity contribution in [2.45, 2.75) is 52.6 Å². The molecule has 0 saturated carbocycles. The molecule has 0 aromatic heterocycles. The van der Waals surface area contributed by atoms with Crippen molar-refractivity contribution in [3.63, 3.8) is 0 Å². The van der Waals surface area contributed by atoms with Crippen LogP contribution in [0.5, 0.6) is 0 Å². The molecular formula is C8H20O4Si2. The lowest BCUT2D eigenvalue weighted by molar-refractivity contribution is -0.112. The summed E-state index contributed by atoms with van der Waals surface area (Å²) in [5, 5.41) is 0. The maximum atomic E-state index is 5.73. The average molecular weight is 236 g/mol. The topological polar surface area (TPSA) is 36.9 Å². The minimum atomic E-state index is -2.09. The van der Waals surface area contributed by atoms with Crippen LogP contribution in [-0.4, -0.2) is 29.7 Å². The Labute approximate surface area is 88.0 Å². The molecule has 0 unspecified atom stereocenters. The molecule has 1 heterocycles. The van der Waals surface area contributed by atoms with Crippen LogP contribution in [0.1, 0.15) is 13.8 Å². The summed E-state index contributed by atoms with van der Waals surface area (Å²) in [5.41, 5.74) is 0. The second-order valence-electron chi connectivity index (χ2n) is 4.41. The summed E-state index contributed by atoms with van der Waals surface area (Å²) >= 11 is 0. The van der Waals surface area contributed by atoms with Crippen molar-refractivity contribution in [3.05, 3.63) is 0 Å². The molecule has 0 spiro atoms. The van der Waals surface area contributed by atoms with Gasteiger partial charge in [-0.25, -0.2) is 0 Å². The van der Waals surface area contributed by atoms with Crippen LogP contribution in [0.25, 0.3) is 0 Å². The van der Waals surface area contributed by atoms with Gasteiger partial charge in [-0.15, -0.1) is 0 Å². The third kappa shape index (κ3) is 3.80. The van der Waals surface area contributed by atoms with Gasteiger partial charge < -0.3 is 17.7 Å². The van der Waals surface area contributed by atoms with Crippen LogP contribution < -0.4 is 0 Å². The smallest absolute Gasteiger partial charge is 0.335 e. The van der Waals surface area contributed by atoms with E-state index in [1.807, 2.05) is 40.0 Å². The predicted molar refractivity (Wildman–Crippen MR) is 58.2 cm³/mol. The molecular weight excluding hydrogens is 216 g/mol. The van der Waals surface area contributed by atoms with Crippen molar-refractivity contribution in [2.75, 3.05) is 0 Å². The zero-order valence-corrected chi connectivity index (χ0v) is 11.8. The largest absolute Gasteiger partial charge is 0.369 e. The highest BCUT2D eigenvalue weighted by molar-refractivity contribution is 6.66. The summed E-state index contributed by atoms with van der Waals surface area (Å²) in [6, 6.07) is 0. The monoisotopic (exact) mass is 236 g/mol. The molecule has 1 aliphatic rings. The number of hydrogen-bond donors (Lipinski definition) is 0. The average Bonchev–Trinajstić information content (AvgIpc) is 1.74. The minimum absolute atomic E-state index is 0.231. The second-order valence-corrected chi connectivity index (χ2v) is 10.9. The normalized spacial score (nSPS) is 37.3.